The maximum atomic E-state index is 5.30. The van der Waals surface area contributed by atoms with E-state index in [1.807, 2.05) is 48.5 Å². The molecule has 0 aliphatic rings. The number of nitrogens with one attached hydrogen (secondary N) is 1. The molecule has 0 aliphatic carbocycles. The van der Waals surface area contributed by atoms with E-state index in [-0.39, 0.29) is 0 Å². The molecule has 0 saturated carbocycles. The van der Waals surface area contributed by atoms with Gasteiger partial charge in [0.2, 0.25) is 5.88 Å². The molecule has 5 heteroatoms. The van der Waals surface area contributed by atoms with E-state index >= 15 is 0 Å². The summed E-state index contributed by atoms with van der Waals surface area (Å²) in [6.07, 6.45) is 0. The Balaban J connectivity index is 1.91. The zero-order valence-electron chi connectivity index (χ0n) is 13.0. The van der Waals surface area contributed by atoms with E-state index in [9.17, 15) is 0 Å². The molecule has 23 heavy (non-hydrogen) atoms. The van der Waals surface area contributed by atoms with Crippen molar-refractivity contribution in [3.63, 3.8) is 0 Å². The van der Waals surface area contributed by atoms with Crippen LogP contribution in [0.5, 0.6) is 11.6 Å². The van der Waals surface area contributed by atoms with Gasteiger partial charge in [0.05, 0.1) is 25.4 Å². The van der Waals surface area contributed by atoms with Crippen LogP contribution in [0.25, 0.3) is 10.9 Å². The molecule has 0 atom stereocenters. The van der Waals surface area contributed by atoms with Crippen molar-refractivity contribution in [3.8, 4) is 11.6 Å². The van der Waals surface area contributed by atoms with Crippen LogP contribution in [-0.2, 0) is 6.54 Å². The lowest BCUT2D eigenvalue weighted by atomic mass is 10.1. The molecule has 4 nitrogen and oxygen atoms in total. The summed E-state index contributed by atoms with van der Waals surface area (Å²) >= 11 is 3.60. The van der Waals surface area contributed by atoms with Crippen LogP contribution in [0.1, 0.15) is 5.56 Å². The summed E-state index contributed by atoms with van der Waals surface area (Å²) in [4.78, 5) is 4.48. The minimum atomic E-state index is 0.591. The summed E-state index contributed by atoms with van der Waals surface area (Å²) in [6.45, 7) is 0.702. The molecule has 0 aliphatic heterocycles. The highest BCUT2D eigenvalue weighted by Crippen LogP contribution is 2.32. The van der Waals surface area contributed by atoms with Gasteiger partial charge in [0.25, 0.3) is 0 Å². The number of pyridine rings is 1. The molecule has 0 fully saturated rings. The number of ether oxygens (including phenoxy) is 2. The van der Waals surface area contributed by atoms with Crippen molar-refractivity contribution in [2.45, 2.75) is 6.54 Å². The van der Waals surface area contributed by atoms with Crippen molar-refractivity contribution in [1.29, 1.82) is 0 Å². The first-order chi connectivity index (χ1) is 11.2. The molecule has 0 bridgehead atoms. The fourth-order valence-electron chi connectivity index (χ4n) is 2.40. The van der Waals surface area contributed by atoms with Gasteiger partial charge < -0.3 is 14.8 Å². The summed E-state index contributed by atoms with van der Waals surface area (Å²) in [6, 6.07) is 15.9. The number of hydrogen-bond donors (Lipinski definition) is 1. The van der Waals surface area contributed by atoms with Gasteiger partial charge >= 0.3 is 0 Å². The Bertz CT molecular complexity index is 819. The first-order valence-electron chi connectivity index (χ1n) is 7.21. The molecule has 0 radical (unpaired) electrons. The first kappa shape index (κ1) is 15.6. The third-order valence-corrected chi connectivity index (χ3v) is 4.27. The first-order valence-corrected chi connectivity index (χ1v) is 8.00. The predicted octanol–water partition coefficient (Wildman–Crippen LogP) is 4.63. The second-order valence-electron chi connectivity index (χ2n) is 5.05. The number of rotatable bonds is 5. The molecule has 1 heterocycles. The Morgan fingerprint density at radius 2 is 1.83 bits per heavy atom. The molecule has 0 unspecified atom stereocenters. The highest BCUT2D eigenvalue weighted by molar-refractivity contribution is 9.10. The largest absolute Gasteiger partial charge is 0.497 e. The monoisotopic (exact) mass is 372 g/mol. The van der Waals surface area contributed by atoms with Crippen LogP contribution < -0.4 is 14.8 Å². The maximum Gasteiger partial charge on any atom is 0.215 e. The average molecular weight is 373 g/mol. The Morgan fingerprint density at radius 1 is 1.04 bits per heavy atom. The average Bonchev–Trinajstić information content (AvgIpc) is 2.60. The van der Waals surface area contributed by atoms with Gasteiger partial charge in [-0.05, 0) is 29.8 Å². The second-order valence-corrected chi connectivity index (χ2v) is 5.90. The predicted molar refractivity (Wildman–Crippen MR) is 96.3 cm³/mol. The molecule has 1 aromatic heterocycles. The van der Waals surface area contributed by atoms with Gasteiger partial charge in [0, 0.05) is 22.5 Å². The minimum absolute atomic E-state index is 0.591. The molecule has 3 aromatic rings. The maximum absolute atomic E-state index is 5.30. The van der Waals surface area contributed by atoms with Gasteiger partial charge in [-0.15, -0.1) is 0 Å². The summed E-state index contributed by atoms with van der Waals surface area (Å²) in [5.41, 5.74) is 3.04. The summed E-state index contributed by atoms with van der Waals surface area (Å²) in [5.74, 6) is 1.44. The van der Waals surface area contributed by atoms with E-state index in [1.165, 1.54) is 5.56 Å². The number of halogens is 1. The Kier molecular flexibility index (Phi) is 4.67. The summed E-state index contributed by atoms with van der Waals surface area (Å²) < 4.78 is 11.5. The Labute approximate surface area is 143 Å². The van der Waals surface area contributed by atoms with Crippen molar-refractivity contribution < 1.29 is 9.47 Å². The van der Waals surface area contributed by atoms with Crippen molar-refractivity contribution >= 4 is 32.5 Å². The number of nitrogens with zero attached hydrogens (tertiary/aromatic N) is 1. The van der Waals surface area contributed by atoms with Crippen LogP contribution in [0.4, 0.5) is 5.69 Å². The van der Waals surface area contributed by atoms with Gasteiger partial charge in [-0.25, -0.2) is 4.98 Å². The van der Waals surface area contributed by atoms with E-state index in [4.69, 9.17) is 9.47 Å². The van der Waals surface area contributed by atoms with E-state index in [1.54, 1.807) is 14.2 Å². The zero-order chi connectivity index (χ0) is 16.2. The molecule has 0 saturated heterocycles. The van der Waals surface area contributed by atoms with Crippen LogP contribution in [-0.4, -0.2) is 19.2 Å². The number of anilines is 1. The number of aromatic nitrogens is 1. The van der Waals surface area contributed by atoms with Crippen LogP contribution in [0.15, 0.2) is 53.0 Å². The van der Waals surface area contributed by atoms with Gasteiger partial charge in [0.15, 0.2) is 0 Å². The van der Waals surface area contributed by atoms with E-state index in [2.05, 4.69) is 26.2 Å². The van der Waals surface area contributed by atoms with Gasteiger partial charge in [-0.2, -0.15) is 0 Å². The fraction of sp³-hybridized carbons (Fsp3) is 0.167. The Morgan fingerprint density at radius 3 is 2.52 bits per heavy atom. The molecule has 2 aromatic carbocycles. The Hall–Kier alpha value is -2.27. The minimum Gasteiger partial charge on any atom is -0.497 e. The highest BCUT2D eigenvalue weighted by atomic mass is 79.9. The molecule has 0 amide bonds. The van der Waals surface area contributed by atoms with Crippen LogP contribution >= 0.6 is 15.9 Å². The smallest absolute Gasteiger partial charge is 0.215 e. The van der Waals surface area contributed by atoms with Crippen molar-refractivity contribution in [2.24, 2.45) is 0 Å². The lowest BCUT2D eigenvalue weighted by Gasteiger charge is -2.13. The SMILES string of the molecule is COc1ccc(CNc2cc(OC)nc3cccc(Br)c23)cc1. The van der Waals surface area contributed by atoms with Gasteiger partial charge in [0.1, 0.15) is 5.75 Å². The summed E-state index contributed by atoms with van der Waals surface area (Å²) in [5, 5.41) is 4.51. The van der Waals surface area contributed by atoms with Crippen molar-refractivity contribution in [1.82, 2.24) is 4.98 Å². The molecule has 3 rings (SSSR count). The normalized spacial score (nSPS) is 10.6. The van der Waals surface area contributed by atoms with Crippen LogP contribution in [0, 0.1) is 0 Å². The lowest BCUT2D eigenvalue weighted by Crippen LogP contribution is -2.02. The van der Waals surface area contributed by atoms with Crippen LogP contribution in [0.3, 0.4) is 0 Å². The van der Waals surface area contributed by atoms with E-state index in [0.29, 0.717) is 12.4 Å². The third-order valence-electron chi connectivity index (χ3n) is 3.61. The third kappa shape index (κ3) is 3.40. The number of hydrogen-bond acceptors (Lipinski definition) is 4. The molecular weight excluding hydrogens is 356 g/mol. The van der Waals surface area contributed by atoms with Crippen molar-refractivity contribution in [3.05, 3.63) is 58.6 Å². The molecular formula is C18H17BrN2O2. The molecule has 0 spiro atoms. The second kappa shape index (κ2) is 6.87. The van der Waals surface area contributed by atoms with Gasteiger partial charge in [-0.1, -0.05) is 34.1 Å². The summed E-state index contributed by atoms with van der Waals surface area (Å²) in [7, 11) is 3.29. The van der Waals surface area contributed by atoms with E-state index in [0.717, 1.165) is 26.8 Å². The number of benzene rings is 2. The number of methoxy groups -OCH3 is 2. The van der Waals surface area contributed by atoms with Crippen LogP contribution in [0.2, 0.25) is 0 Å². The molecule has 1 N–H and O–H groups in total. The highest BCUT2D eigenvalue weighted by Gasteiger charge is 2.09. The lowest BCUT2D eigenvalue weighted by molar-refractivity contribution is 0.400. The number of fused-ring (bicyclic) bond motifs is 1. The quantitative estimate of drug-likeness (QED) is 0.709. The topological polar surface area (TPSA) is 43.4 Å². The standard InChI is InChI=1S/C18H17BrN2O2/c1-22-13-8-6-12(7-9-13)11-20-16-10-17(23-2)21-15-5-3-4-14(19)18(15)16/h3-10H,11H2,1-2H3,(H,20,21). The fourth-order valence-corrected chi connectivity index (χ4v) is 2.97. The molecule has 118 valence electrons. The van der Waals surface area contributed by atoms with Gasteiger partial charge in [-0.3, -0.25) is 0 Å². The van der Waals surface area contributed by atoms with E-state index < -0.39 is 0 Å². The van der Waals surface area contributed by atoms with Crippen molar-refractivity contribution in [2.75, 3.05) is 19.5 Å². The zero-order valence-corrected chi connectivity index (χ0v) is 14.6.